The van der Waals surface area contributed by atoms with E-state index in [0.717, 1.165) is 42.6 Å². The van der Waals surface area contributed by atoms with Gasteiger partial charge >= 0.3 is 0 Å². The Hall–Kier alpha value is -2.21. The molecular weight excluding hydrogens is 321 g/mol. The van der Waals surface area contributed by atoms with E-state index < -0.39 is 6.10 Å². The molecule has 0 radical (unpaired) electrons. The molecule has 1 amide bonds. The standard InChI is InChI=1S/C19H22FN3O2/c20-13-7-5-12(6-8-13)18-9-14(24)11-23(18)19(25)10-17-15-3-1-2-4-16(15)21-22-17/h5-8,14,18,24H,1-4,9-11H2,(H,21,22)/t14-,18-/m0/s1. The lowest BCUT2D eigenvalue weighted by atomic mass is 9.95. The third-order valence-corrected chi connectivity index (χ3v) is 5.31. The molecule has 2 atom stereocenters. The number of aliphatic hydroxyl groups is 1. The van der Waals surface area contributed by atoms with Gasteiger partial charge in [-0.05, 0) is 55.4 Å². The van der Waals surface area contributed by atoms with Gasteiger partial charge in [0.25, 0.3) is 0 Å². The molecule has 1 aliphatic carbocycles. The summed E-state index contributed by atoms with van der Waals surface area (Å²) < 4.78 is 13.2. The summed E-state index contributed by atoms with van der Waals surface area (Å²) in [5.41, 5.74) is 4.04. The molecule has 25 heavy (non-hydrogen) atoms. The number of H-pyrrole nitrogens is 1. The van der Waals surface area contributed by atoms with Gasteiger partial charge in [0.1, 0.15) is 5.82 Å². The Morgan fingerprint density at radius 1 is 1.28 bits per heavy atom. The second-order valence-corrected chi connectivity index (χ2v) is 7.01. The molecule has 2 aliphatic rings. The average Bonchev–Trinajstić information content (AvgIpc) is 3.20. The number of halogens is 1. The number of benzene rings is 1. The number of aryl methyl sites for hydroxylation is 1. The zero-order valence-corrected chi connectivity index (χ0v) is 14.0. The van der Waals surface area contributed by atoms with E-state index >= 15 is 0 Å². The quantitative estimate of drug-likeness (QED) is 0.898. The van der Waals surface area contributed by atoms with Crippen molar-refractivity contribution in [1.82, 2.24) is 15.1 Å². The van der Waals surface area contributed by atoms with Gasteiger partial charge in [-0.1, -0.05) is 12.1 Å². The van der Waals surface area contributed by atoms with Gasteiger partial charge in [-0.3, -0.25) is 9.89 Å². The summed E-state index contributed by atoms with van der Waals surface area (Å²) in [7, 11) is 0. The highest BCUT2D eigenvalue weighted by Crippen LogP contribution is 2.33. The van der Waals surface area contributed by atoms with Crippen molar-refractivity contribution >= 4 is 5.91 Å². The Labute approximate surface area is 145 Å². The molecule has 132 valence electrons. The number of hydrogen-bond donors (Lipinski definition) is 2. The second kappa shape index (κ2) is 6.59. The molecule has 0 saturated carbocycles. The van der Waals surface area contributed by atoms with Crippen LogP contribution in [0.25, 0.3) is 0 Å². The lowest BCUT2D eigenvalue weighted by Gasteiger charge is -2.25. The fourth-order valence-electron chi connectivity index (χ4n) is 4.03. The van der Waals surface area contributed by atoms with Gasteiger partial charge in [0.05, 0.1) is 24.3 Å². The molecule has 1 saturated heterocycles. The SMILES string of the molecule is O=C(Cc1n[nH]c2c1CCCC2)N1C[C@@H](O)C[C@H]1c1ccc(F)cc1. The first-order valence-electron chi connectivity index (χ1n) is 8.90. The monoisotopic (exact) mass is 343 g/mol. The molecule has 1 fully saturated rings. The number of nitrogens with one attached hydrogen (secondary N) is 1. The largest absolute Gasteiger partial charge is 0.391 e. The zero-order valence-electron chi connectivity index (χ0n) is 14.0. The van der Waals surface area contributed by atoms with Crippen LogP contribution in [-0.2, 0) is 24.1 Å². The van der Waals surface area contributed by atoms with Gasteiger partial charge in [0.2, 0.25) is 5.91 Å². The molecule has 1 aliphatic heterocycles. The van der Waals surface area contributed by atoms with Crippen molar-refractivity contribution in [2.75, 3.05) is 6.54 Å². The van der Waals surface area contributed by atoms with Crippen LogP contribution in [0.4, 0.5) is 4.39 Å². The average molecular weight is 343 g/mol. The molecular formula is C19H22FN3O2. The predicted molar refractivity (Wildman–Crippen MR) is 90.4 cm³/mol. The van der Waals surface area contributed by atoms with Gasteiger partial charge in [-0.25, -0.2) is 4.39 Å². The van der Waals surface area contributed by atoms with Gasteiger partial charge in [0, 0.05) is 12.2 Å². The van der Waals surface area contributed by atoms with Crippen molar-refractivity contribution in [3.05, 3.63) is 52.6 Å². The first-order chi connectivity index (χ1) is 12.1. The van der Waals surface area contributed by atoms with Crippen molar-refractivity contribution < 1.29 is 14.3 Å². The molecule has 0 spiro atoms. The molecule has 0 bridgehead atoms. The molecule has 4 rings (SSSR count). The number of aliphatic hydroxyl groups excluding tert-OH is 1. The number of amides is 1. The minimum atomic E-state index is -0.549. The maximum atomic E-state index is 13.2. The fourth-order valence-corrected chi connectivity index (χ4v) is 4.03. The molecule has 1 aromatic carbocycles. The highest BCUT2D eigenvalue weighted by molar-refractivity contribution is 5.79. The lowest BCUT2D eigenvalue weighted by molar-refractivity contribution is -0.131. The summed E-state index contributed by atoms with van der Waals surface area (Å²) in [6.07, 6.45) is 4.44. The maximum absolute atomic E-state index is 13.2. The topological polar surface area (TPSA) is 69.2 Å². The highest BCUT2D eigenvalue weighted by atomic mass is 19.1. The molecule has 0 unspecified atom stereocenters. The number of nitrogens with zero attached hydrogens (tertiary/aromatic N) is 2. The smallest absolute Gasteiger partial charge is 0.229 e. The minimum absolute atomic E-state index is 0.0363. The molecule has 1 aromatic heterocycles. The van der Waals surface area contributed by atoms with Crippen molar-refractivity contribution in [2.24, 2.45) is 0 Å². The third kappa shape index (κ3) is 3.18. The van der Waals surface area contributed by atoms with Gasteiger partial charge < -0.3 is 10.0 Å². The van der Waals surface area contributed by atoms with E-state index in [1.807, 2.05) is 0 Å². The van der Waals surface area contributed by atoms with Crippen molar-refractivity contribution in [2.45, 2.75) is 50.7 Å². The Bertz CT molecular complexity index is 771. The number of rotatable bonds is 3. The summed E-state index contributed by atoms with van der Waals surface area (Å²) in [5, 5.41) is 17.5. The van der Waals surface area contributed by atoms with Crippen LogP contribution in [-0.4, -0.2) is 38.8 Å². The van der Waals surface area contributed by atoms with E-state index in [1.54, 1.807) is 17.0 Å². The van der Waals surface area contributed by atoms with E-state index in [4.69, 9.17) is 0 Å². The van der Waals surface area contributed by atoms with Crippen LogP contribution < -0.4 is 0 Å². The molecule has 2 N–H and O–H groups in total. The highest BCUT2D eigenvalue weighted by Gasteiger charge is 2.35. The number of β-amino-alcohol motifs (C(OH)–C–C–N with tert-alkyl or cyclic N) is 1. The number of likely N-dealkylation sites (tertiary alicyclic amines) is 1. The molecule has 2 heterocycles. The van der Waals surface area contributed by atoms with Gasteiger partial charge in [-0.2, -0.15) is 5.10 Å². The summed E-state index contributed by atoms with van der Waals surface area (Å²) >= 11 is 0. The molecule has 6 heteroatoms. The second-order valence-electron chi connectivity index (χ2n) is 7.01. The van der Waals surface area contributed by atoms with E-state index in [1.165, 1.54) is 17.7 Å². The first-order valence-corrected chi connectivity index (χ1v) is 8.90. The van der Waals surface area contributed by atoms with Crippen molar-refractivity contribution in [1.29, 1.82) is 0 Å². The van der Waals surface area contributed by atoms with Crippen LogP contribution in [0.1, 0.15) is 47.8 Å². The van der Waals surface area contributed by atoms with Gasteiger partial charge in [0.15, 0.2) is 0 Å². The lowest BCUT2D eigenvalue weighted by Crippen LogP contribution is -2.33. The van der Waals surface area contributed by atoms with E-state index in [-0.39, 0.29) is 24.2 Å². The van der Waals surface area contributed by atoms with Crippen LogP contribution >= 0.6 is 0 Å². The predicted octanol–water partition coefficient (Wildman–Crippen LogP) is 2.30. The number of carbonyl (C=O) groups excluding carboxylic acids is 1. The van der Waals surface area contributed by atoms with Crippen LogP contribution in [0.2, 0.25) is 0 Å². The maximum Gasteiger partial charge on any atom is 0.229 e. The van der Waals surface area contributed by atoms with E-state index in [0.29, 0.717) is 13.0 Å². The Morgan fingerprint density at radius 3 is 2.84 bits per heavy atom. The van der Waals surface area contributed by atoms with E-state index in [9.17, 15) is 14.3 Å². The summed E-state index contributed by atoms with van der Waals surface area (Å²) in [6, 6.07) is 5.96. The first kappa shape index (κ1) is 16.3. The Kier molecular flexibility index (Phi) is 4.29. The number of aromatic nitrogens is 2. The fraction of sp³-hybridized carbons (Fsp3) is 0.474. The summed E-state index contributed by atoms with van der Waals surface area (Å²) in [6.45, 7) is 0.313. The van der Waals surface area contributed by atoms with Crippen LogP contribution in [0.15, 0.2) is 24.3 Å². The van der Waals surface area contributed by atoms with Crippen molar-refractivity contribution in [3.8, 4) is 0 Å². The van der Waals surface area contributed by atoms with Crippen LogP contribution in [0.3, 0.4) is 0 Å². The zero-order chi connectivity index (χ0) is 17.4. The minimum Gasteiger partial charge on any atom is -0.391 e. The Morgan fingerprint density at radius 2 is 2.04 bits per heavy atom. The third-order valence-electron chi connectivity index (χ3n) is 5.31. The number of hydrogen-bond acceptors (Lipinski definition) is 3. The summed E-state index contributed by atoms with van der Waals surface area (Å²) in [5.74, 6) is -0.339. The van der Waals surface area contributed by atoms with Gasteiger partial charge in [-0.15, -0.1) is 0 Å². The molecule has 5 nitrogen and oxygen atoms in total. The number of fused-ring (bicyclic) bond motifs is 1. The summed E-state index contributed by atoms with van der Waals surface area (Å²) in [4.78, 5) is 14.6. The number of carbonyl (C=O) groups is 1. The Balaban J connectivity index is 1.53. The van der Waals surface area contributed by atoms with Crippen LogP contribution in [0, 0.1) is 5.82 Å². The van der Waals surface area contributed by atoms with Crippen LogP contribution in [0.5, 0.6) is 0 Å². The van der Waals surface area contributed by atoms with E-state index in [2.05, 4.69) is 10.2 Å². The van der Waals surface area contributed by atoms with Crippen molar-refractivity contribution in [3.63, 3.8) is 0 Å². The normalized spacial score (nSPS) is 22.9. The molecule has 2 aromatic rings. The number of aromatic amines is 1.